The van der Waals surface area contributed by atoms with Crippen LogP contribution in [0.1, 0.15) is 5.56 Å². The Morgan fingerprint density at radius 2 is 0.778 bits per heavy atom. The van der Waals surface area contributed by atoms with Gasteiger partial charge in [0.05, 0.1) is 0 Å². The Morgan fingerprint density at radius 3 is 1.08 bits per heavy atom. The van der Waals surface area contributed by atoms with Crippen molar-refractivity contribution in [2.45, 2.75) is 11.8 Å². The zero-order valence-electron chi connectivity index (χ0n) is 19.9. The molecule has 180 valence electrons. The molecule has 0 heterocycles. The first-order valence-corrected chi connectivity index (χ1v) is 21.5. The molecule has 0 fully saturated rings. The van der Waals surface area contributed by atoms with E-state index >= 15 is 0 Å². The summed E-state index contributed by atoms with van der Waals surface area (Å²) >= 11 is -5.73. The molecule has 0 spiro atoms. The third-order valence-electron chi connectivity index (χ3n) is 6.55. The summed E-state index contributed by atoms with van der Waals surface area (Å²) in [7, 11) is -4.19. The molecule has 0 N–H and O–H groups in total. The predicted molar refractivity (Wildman–Crippen MR) is 150 cm³/mol. The standard InChI is InChI=1S/C7H8O3S.4C6H5.Bi/c1-6-2-4-7(5-3-6)11(8,9)10;4*1-2-4-6-5-3-1;/h2-5H,1H3,(H,8,9,10);4*1-5H;/q;;;;;+1/p-1. The molecular formula is C31H27BiO3S. The average Bonchev–Trinajstić information content (AvgIpc) is 2.94. The van der Waals surface area contributed by atoms with Gasteiger partial charge in [0.1, 0.15) is 0 Å². The summed E-state index contributed by atoms with van der Waals surface area (Å²) in [4.78, 5) is 0.147. The SMILES string of the molecule is Cc1ccc(S(=O)(=O)[O][Bi]([c]2ccccc2)([c]2ccccc2)([c]2ccccc2)[c]2ccccc2)cc1. The Balaban J connectivity index is 2.01. The van der Waals surface area contributed by atoms with E-state index in [-0.39, 0.29) is 4.90 Å². The van der Waals surface area contributed by atoms with Gasteiger partial charge in [-0.3, -0.25) is 0 Å². The summed E-state index contributed by atoms with van der Waals surface area (Å²) in [5, 5.41) is 0. The van der Waals surface area contributed by atoms with Crippen LogP contribution in [0.25, 0.3) is 0 Å². The van der Waals surface area contributed by atoms with E-state index < -0.39 is 29.3 Å². The minimum atomic E-state index is -5.73. The molecule has 36 heavy (non-hydrogen) atoms. The zero-order valence-corrected chi connectivity index (χ0v) is 24.2. The molecule has 3 nitrogen and oxygen atoms in total. The summed E-state index contributed by atoms with van der Waals surface area (Å²) < 4.78 is 39.1. The van der Waals surface area contributed by atoms with Crippen LogP contribution in [0, 0.1) is 6.92 Å². The molecule has 0 radical (unpaired) electrons. The molecule has 0 saturated carbocycles. The first-order valence-electron chi connectivity index (χ1n) is 11.7. The number of rotatable bonds is 7. The third-order valence-corrected chi connectivity index (χ3v) is 33.6. The fourth-order valence-corrected chi connectivity index (χ4v) is 34.2. The average molecular weight is 689 g/mol. The molecule has 0 aromatic heterocycles. The van der Waals surface area contributed by atoms with Gasteiger partial charge in [0.25, 0.3) is 0 Å². The van der Waals surface area contributed by atoms with Crippen molar-refractivity contribution in [3.63, 3.8) is 0 Å². The van der Waals surface area contributed by atoms with Gasteiger partial charge in [0.15, 0.2) is 0 Å². The molecule has 5 aromatic carbocycles. The van der Waals surface area contributed by atoms with E-state index in [9.17, 15) is 8.42 Å². The molecule has 5 rings (SSSR count). The van der Waals surface area contributed by atoms with Crippen LogP contribution >= 0.6 is 0 Å². The summed E-state index contributed by atoms with van der Waals surface area (Å²) in [6.07, 6.45) is 0. The molecule has 0 atom stereocenters. The Morgan fingerprint density at radius 1 is 0.472 bits per heavy atom. The van der Waals surface area contributed by atoms with Crippen molar-refractivity contribution in [3.05, 3.63) is 151 Å². The van der Waals surface area contributed by atoms with Crippen LogP contribution in [0.3, 0.4) is 0 Å². The molecular weight excluding hydrogens is 661 g/mol. The number of hydrogen-bond donors (Lipinski definition) is 0. The van der Waals surface area contributed by atoms with Crippen molar-refractivity contribution in [2.75, 3.05) is 0 Å². The van der Waals surface area contributed by atoms with E-state index in [4.69, 9.17) is 2.26 Å². The van der Waals surface area contributed by atoms with Gasteiger partial charge in [-0.25, -0.2) is 0 Å². The maximum atomic E-state index is 14.3. The molecule has 0 aliphatic rings. The van der Waals surface area contributed by atoms with E-state index in [1.54, 1.807) is 24.3 Å². The molecule has 0 unspecified atom stereocenters. The normalized spacial score (nSPS) is 13.0. The summed E-state index contributed by atoms with van der Waals surface area (Å²) in [5.41, 5.74) is 0.982. The Hall–Kier alpha value is -3.11. The van der Waals surface area contributed by atoms with E-state index in [0.717, 1.165) is 18.6 Å². The maximum absolute atomic E-state index is 14.3. The van der Waals surface area contributed by atoms with Gasteiger partial charge in [0, 0.05) is 0 Å². The van der Waals surface area contributed by atoms with Gasteiger partial charge in [-0.05, 0) is 0 Å². The van der Waals surface area contributed by atoms with Crippen molar-refractivity contribution in [1.29, 1.82) is 0 Å². The van der Waals surface area contributed by atoms with Crippen LogP contribution < -0.4 is 13.1 Å². The number of benzene rings is 5. The van der Waals surface area contributed by atoms with Crippen molar-refractivity contribution in [2.24, 2.45) is 0 Å². The van der Waals surface area contributed by atoms with Crippen molar-refractivity contribution in [1.82, 2.24) is 0 Å². The molecule has 0 aliphatic heterocycles. The molecule has 0 bridgehead atoms. The van der Waals surface area contributed by atoms with Crippen LogP contribution in [-0.4, -0.2) is 27.6 Å². The van der Waals surface area contributed by atoms with Gasteiger partial charge < -0.3 is 0 Å². The van der Waals surface area contributed by atoms with E-state index in [2.05, 4.69) is 0 Å². The summed E-state index contributed by atoms with van der Waals surface area (Å²) in [5.74, 6) is 0. The van der Waals surface area contributed by atoms with Gasteiger partial charge in [-0.2, -0.15) is 0 Å². The van der Waals surface area contributed by atoms with Crippen molar-refractivity contribution >= 4 is 42.4 Å². The quantitative estimate of drug-likeness (QED) is 0.241. The van der Waals surface area contributed by atoms with E-state index in [1.165, 1.54) is 0 Å². The van der Waals surface area contributed by atoms with Crippen molar-refractivity contribution in [3.8, 4) is 0 Å². The van der Waals surface area contributed by atoms with Gasteiger partial charge in [0.2, 0.25) is 0 Å². The van der Waals surface area contributed by atoms with Crippen molar-refractivity contribution < 1.29 is 10.7 Å². The Labute approximate surface area is 214 Å². The third kappa shape index (κ3) is 3.92. The monoisotopic (exact) mass is 688 g/mol. The predicted octanol–water partition coefficient (Wildman–Crippen LogP) is 4.23. The second kappa shape index (κ2) is 9.74. The van der Waals surface area contributed by atoms with E-state index in [0.29, 0.717) is 0 Å². The first-order chi connectivity index (χ1) is 17.5. The van der Waals surface area contributed by atoms with E-state index in [1.807, 2.05) is 128 Å². The van der Waals surface area contributed by atoms with Gasteiger partial charge in [-0.1, -0.05) is 0 Å². The second-order valence-corrected chi connectivity index (χ2v) is 28.1. The summed E-state index contributed by atoms with van der Waals surface area (Å²) in [6, 6.07) is 46.5. The van der Waals surface area contributed by atoms with Crippen LogP contribution in [0.4, 0.5) is 0 Å². The van der Waals surface area contributed by atoms with Crippen LogP contribution in [0.5, 0.6) is 0 Å². The Bertz CT molecular complexity index is 1380. The minimum absolute atomic E-state index is 0.147. The van der Waals surface area contributed by atoms with Gasteiger partial charge in [-0.15, -0.1) is 0 Å². The molecule has 0 saturated heterocycles. The number of aryl methyl sites for hydroxylation is 1. The first kappa shape index (κ1) is 24.6. The van der Waals surface area contributed by atoms with Crippen LogP contribution in [-0.2, 0) is 12.4 Å². The topological polar surface area (TPSA) is 43.4 Å². The molecule has 0 aliphatic carbocycles. The zero-order chi connectivity index (χ0) is 25.1. The molecule has 0 amide bonds. The second-order valence-electron chi connectivity index (χ2n) is 8.72. The molecule has 5 aromatic rings. The van der Waals surface area contributed by atoms with Gasteiger partial charge >= 0.3 is 216 Å². The van der Waals surface area contributed by atoms with Crippen LogP contribution in [0.2, 0.25) is 0 Å². The fraction of sp³-hybridized carbons (Fsp3) is 0.0323. The molecule has 5 heteroatoms. The Kier molecular flexibility index (Phi) is 6.65. The summed E-state index contributed by atoms with van der Waals surface area (Å²) in [6.45, 7) is 1.93. The number of hydrogen-bond acceptors (Lipinski definition) is 3. The fourth-order valence-electron chi connectivity index (χ4n) is 4.86. The van der Waals surface area contributed by atoms with Crippen LogP contribution in [0.15, 0.2) is 150 Å².